The van der Waals surface area contributed by atoms with Crippen LogP contribution in [0.2, 0.25) is 0 Å². The van der Waals surface area contributed by atoms with Crippen molar-refractivity contribution < 1.29 is 4.92 Å². The summed E-state index contributed by atoms with van der Waals surface area (Å²) in [5.41, 5.74) is 4.09. The number of nitrogens with zero attached hydrogens (tertiary/aromatic N) is 3. The van der Waals surface area contributed by atoms with Crippen molar-refractivity contribution in [3.8, 4) is 0 Å². The lowest BCUT2D eigenvalue weighted by Crippen LogP contribution is -2.41. The summed E-state index contributed by atoms with van der Waals surface area (Å²) < 4.78 is 0. The lowest BCUT2D eigenvalue weighted by molar-refractivity contribution is -0.384. The molecule has 0 aromatic heterocycles. The van der Waals surface area contributed by atoms with E-state index in [2.05, 4.69) is 46.7 Å². The lowest BCUT2D eigenvalue weighted by atomic mass is 9.81. The molecule has 1 aliphatic heterocycles. The first kappa shape index (κ1) is 16.9. The maximum absolute atomic E-state index is 10.8. The summed E-state index contributed by atoms with van der Waals surface area (Å²) in [5.74, 6) is 0.748. The van der Waals surface area contributed by atoms with Gasteiger partial charge >= 0.3 is 0 Å². The normalized spacial score (nSPS) is 21.0. The molecule has 6 nitrogen and oxygen atoms in total. The minimum atomic E-state index is -0.421. The van der Waals surface area contributed by atoms with Gasteiger partial charge in [0, 0.05) is 34.1 Å². The minimum absolute atomic E-state index is 0.0466. The van der Waals surface area contributed by atoms with Gasteiger partial charge in [0.25, 0.3) is 5.69 Å². The van der Waals surface area contributed by atoms with E-state index in [-0.39, 0.29) is 11.2 Å². The molecule has 28 heavy (non-hydrogen) atoms. The van der Waals surface area contributed by atoms with Crippen molar-refractivity contribution in [3.63, 3.8) is 0 Å². The van der Waals surface area contributed by atoms with E-state index in [0.717, 1.165) is 23.4 Å². The Hall–Kier alpha value is -3.28. The molecule has 3 aromatic carbocycles. The van der Waals surface area contributed by atoms with E-state index in [0.29, 0.717) is 5.69 Å². The highest BCUT2D eigenvalue weighted by Gasteiger charge is 2.43. The molecule has 0 saturated heterocycles. The number of rotatable bonds is 4. The highest BCUT2D eigenvalue weighted by atomic mass is 16.6. The molecule has 1 N–H and O–H groups in total. The molecule has 1 unspecified atom stereocenters. The molecule has 1 heterocycles. The summed E-state index contributed by atoms with van der Waals surface area (Å²) >= 11 is 0. The quantitative estimate of drug-likeness (QED) is 0.331. The van der Waals surface area contributed by atoms with Gasteiger partial charge in [-0.25, -0.2) is 0 Å². The third kappa shape index (κ3) is 2.81. The summed E-state index contributed by atoms with van der Waals surface area (Å²) in [6.45, 7) is 2.33. The molecule has 0 amide bonds. The van der Waals surface area contributed by atoms with E-state index in [1.165, 1.54) is 41.6 Å². The maximum Gasteiger partial charge on any atom is 0.269 e. The van der Waals surface area contributed by atoms with Gasteiger partial charge in [0.1, 0.15) is 0 Å². The first-order chi connectivity index (χ1) is 13.5. The number of non-ortho nitro benzene ring substituents is 1. The molecule has 0 radical (unpaired) electrons. The molecule has 6 heteroatoms. The Kier molecular flexibility index (Phi) is 3.69. The number of hydrogen-bond acceptors (Lipinski definition) is 5. The van der Waals surface area contributed by atoms with E-state index in [4.69, 9.17) is 0 Å². The first-order valence-corrected chi connectivity index (χ1v) is 9.52. The predicted molar refractivity (Wildman–Crippen MR) is 110 cm³/mol. The van der Waals surface area contributed by atoms with Crippen molar-refractivity contribution in [2.75, 3.05) is 5.32 Å². The van der Waals surface area contributed by atoms with Crippen molar-refractivity contribution in [2.24, 2.45) is 16.1 Å². The Morgan fingerprint density at radius 2 is 1.86 bits per heavy atom. The summed E-state index contributed by atoms with van der Waals surface area (Å²) in [5, 5.41) is 25.6. The molecule has 0 bridgehead atoms. The summed E-state index contributed by atoms with van der Waals surface area (Å²) in [6, 6.07) is 16.6. The van der Waals surface area contributed by atoms with Crippen LogP contribution >= 0.6 is 0 Å². The molecule has 5 rings (SSSR count). The molecular weight excluding hydrogens is 352 g/mol. The predicted octanol–water partition coefficient (Wildman–Crippen LogP) is 6.30. The van der Waals surface area contributed by atoms with Crippen LogP contribution in [0, 0.1) is 16.0 Å². The van der Waals surface area contributed by atoms with Gasteiger partial charge in [-0.15, -0.1) is 5.11 Å². The topological polar surface area (TPSA) is 79.9 Å². The van der Waals surface area contributed by atoms with Crippen LogP contribution in [-0.2, 0) is 6.42 Å². The fraction of sp³-hybridized carbons (Fsp3) is 0.273. The van der Waals surface area contributed by atoms with Crippen LogP contribution in [0.15, 0.2) is 64.8 Å². The van der Waals surface area contributed by atoms with Crippen LogP contribution in [0.3, 0.4) is 0 Å². The van der Waals surface area contributed by atoms with Gasteiger partial charge < -0.3 is 5.32 Å². The Bertz CT molecular complexity index is 1110. The van der Waals surface area contributed by atoms with Crippen LogP contribution in [0.25, 0.3) is 10.8 Å². The van der Waals surface area contributed by atoms with Gasteiger partial charge in [-0.2, -0.15) is 5.11 Å². The maximum atomic E-state index is 10.8. The molecule has 1 fully saturated rings. The van der Waals surface area contributed by atoms with Crippen molar-refractivity contribution in [1.29, 1.82) is 0 Å². The number of hydrogen-bond donors (Lipinski definition) is 1. The standard InChI is InChI=1S/C22H20N4O2/c1-22(15-6-7-15)13-14-5-12-19(18-3-2-4-20(23-22)21(14)18)25-24-16-8-10-17(11-9-16)26(27)28/h2-5,8-12,15,23H,6-7,13H2,1H3. The second kappa shape index (κ2) is 6.12. The average molecular weight is 372 g/mol. The zero-order valence-corrected chi connectivity index (χ0v) is 15.6. The van der Waals surface area contributed by atoms with Crippen LogP contribution in [0.5, 0.6) is 0 Å². The van der Waals surface area contributed by atoms with E-state index in [9.17, 15) is 10.1 Å². The highest BCUT2D eigenvalue weighted by Crippen LogP contribution is 2.48. The number of anilines is 1. The van der Waals surface area contributed by atoms with Crippen molar-refractivity contribution in [1.82, 2.24) is 0 Å². The summed E-state index contributed by atoms with van der Waals surface area (Å²) in [4.78, 5) is 10.4. The summed E-state index contributed by atoms with van der Waals surface area (Å²) in [7, 11) is 0. The lowest BCUT2D eigenvalue weighted by Gasteiger charge is -2.37. The SMILES string of the molecule is CC1(C2CC2)Cc2ccc(N=Nc3ccc([N+](=O)[O-])cc3)c3cccc(c23)N1. The Labute approximate surface area is 162 Å². The van der Waals surface area contributed by atoms with Gasteiger partial charge in [-0.05, 0) is 61.9 Å². The first-order valence-electron chi connectivity index (χ1n) is 9.52. The Morgan fingerprint density at radius 3 is 2.57 bits per heavy atom. The van der Waals surface area contributed by atoms with Gasteiger partial charge in [-0.3, -0.25) is 10.1 Å². The van der Waals surface area contributed by atoms with E-state index < -0.39 is 4.92 Å². The number of nitro benzene ring substituents is 1. The number of azo groups is 1. The van der Waals surface area contributed by atoms with Crippen molar-refractivity contribution >= 4 is 33.5 Å². The molecular formula is C22H20N4O2. The fourth-order valence-electron chi connectivity index (χ4n) is 4.27. The highest BCUT2D eigenvalue weighted by molar-refractivity contribution is 6.03. The number of nitro groups is 1. The van der Waals surface area contributed by atoms with Crippen molar-refractivity contribution in [3.05, 3.63) is 70.3 Å². The largest absolute Gasteiger partial charge is 0.379 e. The molecule has 1 aliphatic carbocycles. The molecule has 3 aromatic rings. The van der Waals surface area contributed by atoms with Gasteiger partial charge in [0.05, 0.1) is 16.3 Å². The molecule has 0 spiro atoms. The second-order valence-electron chi connectivity index (χ2n) is 7.94. The molecule has 1 atom stereocenters. The molecule has 2 aliphatic rings. The fourth-order valence-corrected chi connectivity index (χ4v) is 4.27. The van der Waals surface area contributed by atoms with Gasteiger partial charge in [-0.1, -0.05) is 18.2 Å². The number of benzene rings is 3. The van der Waals surface area contributed by atoms with Crippen LogP contribution < -0.4 is 5.32 Å². The summed E-state index contributed by atoms with van der Waals surface area (Å²) in [6.07, 6.45) is 3.62. The second-order valence-corrected chi connectivity index (χ2v) is 7.94. The van der Waals surface area contributed by atoms with Crippen LogP contribution in [0.1, 0.15) is 25.3 Å². The van der Waals surface area contributed by atoms with E-state index in [1.807, 2.05) is 6.07 Å². The monoisotopic (exact) mass is 372 g/mol. The van der Waals surface area contributed by atoms with Gasteiger partial charge in [0.2, 0.25) is 0 Å². The third-order valence-corrected chi connectivity index (χ3v) is 5.89. The van der Waals surface area contributed by atoms with E-state index >= 15 is 0 Å². The Morgan fingerprint density at radius 1 is 1.07 bits per heavy atom. The third-order valence-electron chi connectivity index (χ3n) is 5.89. The molecule has 140 valence electrons. The zero-order chi connectivity index (χ0) is 19.3. The number of nitrogens with one attached hydrogen (secondary N) is 1. The average Bonchev–Trinajstić information content (AvgIpc) is 3.54. The Balaban J connectivity index is 1.51. The van der Waals surface area contributed by atoms with E-state index in [1.54, 1.807) is 12.1 Å². The molecule has 1 saturated carbocycles. The minimum Gasteiger partial charge on any atom is -0.379 e. The zero-order valence-electron chi connectivity index (χ0n) is 15.6. The van der Waals surface area contributed by atoms with Crippen LogP contribution in [0.4, 0.5) is 22.7 Å². The van der Waals surface area contributed by atoms with Crippen LogP contribution in [-0.4, -0.2) is 10.5 Å². The van der Waals surface area contributed by atoms with Crippen molar-refractivity contribution in [2.45, 2.75) is 31.7 Å². The van der Waals surface area contributed by atoms with Gasteiger partial charge in [0.15, 0.2) is 0 Å². The smallest absolute Gasteiger partial charge is 0.269 e.